The van der Waals surface area contributed by atoms with E-state index in [0.717, 1.165) is 28.3 Å². The number of amides is 1. The van der Waals surface area contributed by atoms with Crippen LogP contribution in [0.2, 0.25) is 10.0 Å². The topological polar surface area (TPSA) is 55.6 Å². The Morgan fingerprint density at radius 3 is 2.48 bits per heavy atom. The van der Waals surface area contributed by atoms with Gasteiger partial charge in [0.2, 0.25) is 0 Å². The number of hydrogen-bond donors (Lipinski definition) is 1. The van der Waals surface area contributed by atoms with Crippen molar-refractivity contribution in [2.75, 3.05) is 12.4 Å². The van der Waals surface area contributed by atoms with Crippen LogP contribution in [0.3, 0.4) is 0 Å². The van der Waals surface area contributed by atoms with Gasteiger partial charge in [-0.1, -0.05) is 23.2 Å². The molecule has 2 aromatic heterocycles. The van der Waals surface area contributed by atoms with Crippen molar-refractivity contribution in [3.05, 3.63) is 82.1 Å². The number of aromatic nitrogens is 2. The molecule has 0 radical (unpaired) electrons. The Hall–Kier alpha value is -3.02. The lowest BCUT2D eigenvalue weighted by Gasteiger charge is -2.07. The smallest absolute Gasteiger partial charge is 0.255 e. The predicted octanol–water partition coefficient (Wildman–Crippen LogP) is 5.88. The monoisotopic (exact) mass is 425 g/mol. The van der Waals surface area contributed by atoms with Crippen LogP contribution in [0.15, 0.2) is 60.8 Å². The number of hydrogen-bond acceptors (Lipinski definition) is 3. The van der Waals surface area contributed by atoms with Gasteiger partial charge in [-0.15, -0.1) is 0 Å². The Kier molecular flexibility index (Phi) is 5.18. The molecule has 0 aliphatic carbocycles. The SMILES string of the molecule is COc1ccc(-c2nc3ccc(NC(=O)c4ccc(Cl)c(Cl)c4)cn3c2C)cc1. The van der Waals surface area contributed by atoms with E-state index >= 15 is 0 Å². The zero-order valence-corrected chi connectivity index (χ0v) is 17.3. The number of nitrogens with one attached hydrogen (secondary N) is 1. The van der Waals surface area contributed by atoms with E-state index in [1.165, 1.54) is 0 Å². The fourth-order valence-corrected chi connectivity index (χ4v) is 3.40. The Labute approximate surface area is 177 Å². The van der Waals surface area contributed by atoms with Crippen LogP contribution in [-0.4, -0.2) is 22.4 Å². The second kappa shape index (κ2) is 7.78. The maximum atomic E-state index is 12.5. The van der Waals surface area contributed by atoms with Gasteiger partial charge in [-0.3, -0.25) is 4.79 Å². The molecule has 146 valence electrons. The normalized spacial score (nSPS) is 10.9. The minimum atomic E-state index is -0.268. The van der Waals surface area contributed by atoms with Crippen molar-refractivity contribution in [1.29, 1.82) is 0 Å². The van der Waals surface area contributed by atoms with E-state index in [-0.39, 0.29) is 5.91 Å². The van der Waals surface area contributed by atoms with Crippen molar-refractivity contribution >= 4 is 40.4 Å². The summed E-state index contributed by atoms with van der Waals surface area (Å²) in [7, 11) is 1.64. The Balaban J connectivity index is 1.64. The number of carbonyl (C=O) groups is 1. The molecule has 0 atom stereocenters. The molecule has 7 heteroatoms. The highest BCUT2D eigenvalue weighted by Crippen LogP contribution is 2.27. The summed E-state index contributed by atoms with van der Waals surface area (Å²) in [6.45, 7) is 1.99. The fourth-order valence-electron chi connectivity index (χ4n) is 3.10. The number of benzene rings is 2. The van der Waals surface area contributed by atoms with Gasteiger partial charge in [0, 0.05) is 23.0 Å². The number of carbonyl (C=O) groups excluding carboxylic acids is 1. The van der Waals surface area contributed by atoms with E-state index in [0.29, 0.717) is 21.3 Å². The summed E-state index contributed by atoms with van der Waals surface area (Å²) in [6.07, 6.45) is 1.85. The van der Waals surface area contributed by atoms with E-state index in [1.807, 2.05) is 53.9 Å². The first-order valence-corrected chi connectivity index (χ1v) is 9.61. The maximum Gasteiger partial charge on any atom is 0.255 e. The molecule has 0 aliphatic rings. The summed E-state index contributed by atoms with van der Waals surface area (Å²) in [6, 6.07) is 16.2. The molecule has 0 spiro atoms. The van der Waals surface area contributed by atoms with Crippen LogP contribution in [0.4, 0.5) is 5.69 Å². The van der Waals surface area contributed by atoms with E-state index in [1.54, 1.807) is 25.3 Å². The zero-order chi connectivity index (χ0) is 20.5. The molecule has 5 nitrogen and oxygen atoms in total. The third-order valence-electron chi connectivity index (χ3n) is 4.66. The number of halogens is 2. The van der Waals surface area contributed by atoms with E-state index in [4.69, 9.17) is 32.9 Å². The maximum absolute atomic E-state index is 12.5. The van der Waals surface area contributed by atoms with Gasteiger partial charge < -0.3 is 14.5 Å². The number of imidazole rings is 1. The average molecular weight is 426 g/mol. The first kappa shape index (κ1) is 19.3. The summed E-state index contributed by atoms with van der Waals surface area (Å²) in [5, 5.41) is 3.63. The molecule has 2 aromatic carbocycles. The summed E-state index contributed by atoms with van der Waals surface area (Å²) < 4.78 is 7.16. The Morgan fingerprint density at radius 1 is 1.03 bits per heavy atom. The number of ether oxygens (including phenoxy) is 1. The standard InChI is InChI=1S/C22H17Cl2N3O2/c1-13-21(14-3-7-17(29-2)8-4-14)26-20-10-6-16(12-27(13)20)25-22(28)15-5-9-18(23)19(24)11-15/h3-12H,1-2H3,(H,25,28). The van der Waals surface area contributed by atoms with Gasteiger partial charge in [0.15, 0.2) is 0 Å². The molecule has 4 aromatic rings. The number of pyridine rings is 1. The van der Waals surface area contributed by atoms with E-state index in [9.17, 15) is 4.79 Å². The average Bonchev–Trinajstić information content (AvgIpc) is 3.06. The lowest BCUT2D eigenvalue weighted by atomic mass is 10.1. The van der Waals surface area contributed by atoms with Crippen molar-refractivity contribution in [3.63, 3.8) is 0 Å². The third kappa shape index (κ3) is 3.79. The van der Waals surface area contributed by atoms with Gasteiger partial charge in [-0.2, -0.15) is 0 Å². The second-order valence-electron chi connectivity index (χ2n) is 6.50. The van der Waals surface area contributed by atoms with Gasteiger partial charge in [-0.25, -0.2) is 4.98 Å². The minimum absolute atomic E-state index is 0.268. The summed E-state index contributed by atoms with van der Waals surface area (Å²) in [4.78, 5) is 17.3. The van der Waals surface area contributed by atoms with E-state index in [2.05, 4.69) is 5.32 Å². The van der Waals surface area contributed by atoms with Crippen LogP contribution < -0.4 is 10.1 Å². The fraction of sp³-hybridized carbons (Fsp3) is 0.0909. The van der Waals surface area contributed by atoms with E-state index < -0.39 is 0 Å². The van der Waals surface area contributed by atoms with Crippen LogP contribution in [0.1, 0.15) is 16.1 Å². The van der Waals surface area contributed by atoms with Crippen molar-refractivity contribution < 1.29 is 9.53 Å². The van der Waals surface area contributed by atoms with Gasteiger partial charge >= 0.3 is 0 Å². The molecule has 29 heavy (non-hydrogen) atoms. The van der Waals surface area contributed by atoms with Crippen LogP contribution in [-0.2, 0) is 0 Å². The Morgan fingerprint density at radius 2 is 1.79 bits per heavy atom. The lowest BCUT2D eigenvalue weighted by molar-refractivity contribution is 0.102. The van der Waals surface area contributed by atoms with Crippen LogP contribution >= 0.6 is 23.2 Å². The van der Waals surface area contributed by atoms with Gasteiger partial charge in [0.25, 0.3) is 5.91 Å². The first-order chi connectivity index (χ1) is 14.0. The van der Waals surface area contributed by atoms with Crippen molar-refractivity contribution in [3.8, 4) is 17.0 Å². The molecule has 0 fully saturated rings. The number of aryl methyl sites for hydroxylation is 1. The van der Waals surface area contributed by atoms with Crippen LogP contribution in [0, 0.1) is 6.92 Å². The molecular weight excluding hydrogens is 409 g/mol. The number of methoxy groups -OCH3 is 1. The number of fused-ring (bicyclic) bond motifs is 1. The number of anilines is 1. The van der Waals surface area contributed by atoms with Crippen molar-refractivity contribution in [2.24, 2.45) is 0 Å². The number of nitrogens with zero attached hydrogens (tertiary/aromatic N) is 2. The largest absolute Gasteiger partial charge is 0.497 e. The number of rotatable bonds is 4. The summed E-state index contributed by atoms with van der Waals surface area (Å²) in [5.41, 5.74) is 4.71. The predicted molar refractivity (Wildman–Crippen MR) is 116 cm³/mol. The van der Waals surface area contributed by atoms with Crippen molar-refractivity contribution in [2.45, 2.75) is 6.92 Å². The molecule has 0 saturated carbocycles. The van der Waals surface area contributed by atoms with Crippen molar-refractivity contribution in [1.82, 2.24) is 9.38 Å². The lowest BCUT2D eigenvalue weighted by Crippen LogP contribution is -2.12. The van der Waals surface area contributed by atoms with Crippen LogP contribution in [0.5, 0.6) is 5.75 Å². The molecule has 0 aliphatic heterocycles. The molecule has 0 bridgehead atoms. The molecule has 0 unspecified atom stereocenters. The van der Waals surface area contributed by atoms with Gasteiger partial charge in [0.1, 0.15) is 11.4 Å². The highest BCUT2D eigenvalue weighted by atomic mass is 35.5. The second-order valence-corrected chi connectivity index (χ2v) is 7.32. The quantitative estimate of drug-likeness (QED) is 0.444. The molecule has 0 saturated heterocycles. The zero-order valence-electron chi connectivity index (χ0n) is 15.7. The third-order valence-corrected chi connectivity index (χ3v) is 5.40. The first-order valence-electron chi connectivity index (χ1n) is 8.86. The summed E-state index contributed by atoms with van der Waals surface area (Å²) in [5.74, 6) is 0.526. The Bertz CT molecular complexity index is 1220. The molecule has 2 heterocycles. The van der Waals surface area contributed by atoms with Crippen LogP contribution in [0.25, 0.3) is 16.9 Å². The molecule has 4 rings (SSSR count). The highest BCUT2D eigenvalue weighted by Gasteiger charge is 2.13. The summed E-state index contributed by atoms with van der Waals surface area (Å²) >= 11 is 11.9. The van der Waals surface area contributed by atoms with Gasteiger partial charge in [-0.05, 0) is 61.5 Å². The highest BCUT2D eigenvalue weighted by molar-refractivity contribution is 6.42. The molecule has 1 N–H and O–H groups in total. The molecule has 1 amide bonds. The minimum Gasteiger partial charge on any atom is -0.497 e. The molecular formula is C22H17Cl2N3O2. The van der Waals surface area contributed by atoms with Gasteiger partial charge in [0.05, 0.1) is 28.5 Å².